The van der Waals surface area contributed by atoms with Crippen molar-refractivity contribution in [2.45, 2.75) is 31.9 Å². The Morgan fingerprint density at radius 1 is 1.48 bits per heavy atom. The first-order valence-electron chi connectivity index (χ1n) is 7.92. The number of halogens is 1. The van der Waals surface area contributed by atoms with E-state index in [0.717, 1.165) is 6.54 Å². The fourth-order valence-electron chi connectivity index (χ4n) is 2.93. The molecule has 0 bridgehead atoms. The summed E-state index contributed by atoms with van der Waals surface area (Å²) in [6.45, 7) is 3.67. The minimum absolute atomic E-state index is 0.139. The maximum absolute atomic E-state index is 14.0. The van der Waals surface area contributed by atoms with E-state index in [9.17, 15) is 14.3 Å². The van der Waals surface area contributed by atoms with E-state index in [4.69, 9.17) is 4.74 Å². The number of hydrogen-bond acceptors (Lipinski definition) is 4. The maximum Gasteiger partial charge on any atom is 0.256 e. The monoisotopic (exact) mass is 324 g/mol. The van der Waals surface area contributed by atoms with E-state index in [-0.39, 0.29) is 18.3 Å². The molecule has 2 rings (SSSR count). The fourth-order valence-corrected chi connectivity index (χ4v) is 2.93. The average molecular weight is 324 g/mol. The van der Waals surface area contributed by atoms with Gasteiger partial charge in [0.25, 0.3) is 5.91 Å². The summed E-state index contributed by atoms with van der Waals surface area (Å²) in [4.78, 5) is 16.1. The van der Waals surface area contributed by atoms with Crippen LogP contribution in [0.3, 0.4) is 0 Å². The van der Waals surface area contributed by atoms with E-state index in [1.807, 2.05) is 18.9 Å². The maximum atomic E-state index is 14.0. The van der Waals surface area contributed by atoms with Crippen LogP contribution in [0.2, 0.25) is 0 Å². The molecule has 6 heteroatoms. The number of likely N-dealkylation sites (N-methyl/N-ethyl adjacent to an activating group) is 1. The van der Waals surface area contributed by atoms with Crippen molar-refractivity contribution in [3.8, 4) is 5.75 Å². The third-order valence-electron chi connectivity index (χ3n) is 4.39. The number of nitrogens with zero attached hydrogens (tertiary/aromatic N) is 2. The standard InChI is InChI=1S/C17H25FN2O3/c1-4-19(2)12-17(22)8-5-9-20(16(17)21)11-13-10-14(23-3)6-7-15(13)18/h6-7,10,22H,4-5,8-9,11-12H2,1-3H3/t17-/m0/s1. The zero-order valence-electron chi connectivity index (χ0n) is 14.0. The largest absolute Gasteiger partial charge is 0.497 e. The highest BCUT2D eigenvalue weighted by molar-refractivity contribution is 5.86. The lowest BCUT2D eigenvalue weighted by atomic mass is 9.91. The van der Waals surface area contributed by atoms with Gasteiger partial charge in [-0.3, -0.25) is 4.79 Å². The van der Waals surface area contributed by atoms with Crippen molar-refractivity contribution >= 4 is 5.91 Å². The lowest BCUT2D eigenvalue weighted by Crippen LogP contribution is -2.57. The topological polar surface area (TPSA) is 53.0 Å². The number of carbonyl (C=O) groups excluding carboxylic acids is 1. The number of benzene rings is 1. The van der Waals surface area contributed by atoms with Gasteiger partial charge in [0.1, 0.15) is 11.6 Å². The van der Waals surface area contributed by atoms with Gasteiger partial charge in [-0.05, 0) is 44.6 Å². The molecule has 0 radical (unpaired) electrons. The molecular formula is C17H25FN2O3. The van der Waals surface area contributed by atoms with Crippen molar-refractivity contribution in [3.63, 3.8) is 0 Å². The van der Waals surface area contributed by atoms with E-state index < -0.39 is 5.60 Å². The quantitative estimate of drug-likeness (QED) is 0.864. The second kappa shape index (κ2) is 7.27. The highest BCUT2D eigenvalue weighted by Crippen LogP contribution is 2.26. The van der Waals surface area contributed by atoms with Gasteiger partial charge < -0.3 is 19.6 Å². The molecule has 1 N–H and O–H groups in total. The first kappa shape index (κ1) is 17.7. The van der Waals surface area contributed by atoms with Gasteiger partial charge in [0.15, 0.2) is 5.60 Å². The highest BCUT2D eigenvalue weighted by Gasteiger charge is 2.42. The third-order valence-corrected chi connectivity index (χ3v) is 4.39. The molecule has 0 saturated carbocycles. The molecule has 1 saturated heterocycles. The van der Waals surface area contributed by atoms with Crippen LogP contribution >= 0.6 is 0 Å². The third kappa shape index (κ3) is 4.00. The normalized spacial score (nSPS) is 21.8. The summed E-state index contributed by atoms with van der Waals surface area (Å²) in [5.41, 5.74) is -0.996. The minimum Gasteiger partial charge on any atom is -0.497 e. The molecule has 0 aromatic heterocycles. The van der Waals surface area contributed by atoms with Crippen molar-refractivity contribution in [2.24, 2.45) is 0 Å². The minimum atomic E-state index is -1.39. The average Bonchev–Trinajstić information content (AvgIpc) is 2.53. The summed E-state index contributed by atoms with van der Waals surface area (Å²) in [6, 6.07) is 4.47. The van der Waals surface area contributed by atoms with Crippen LogP contribution in [0.5, 0.6) is 5.75 Å². The number of methoxy groups -OCH3 is 1. The fraction of sp³-hybridized carbons (Fsp3) is 0.588. The van der Waals surface area contributed by atoms with Gasteiger partial charge in [0.05, 0.1) is 7.11 Å². The molecule has 1 aliphatic heterocycles. The van der Waals surface area contributed by atoms with Crippen LogP contribution in [-0.4, -0.2) is 60.2 Å². The summed E-state index contributed by atoms with van der Waals surface area (Å²) >= 11 is 0. The smallest absolute Gasteiger partial charge is 0.256 e. The molecule has 1 atom stereocenters. The second-order valence-corrected chi connectivity index (χ2v) is 6.15. The Bertz CT molecular complexity index is 567. The SMILES string of the molecule is CCN(C)C[C@@]1(O)CCCN(Cc2cc(OC)ccc2F)C1=O. The van der Waals surface area contributed by atoms with Crippen LogP contribution in [0.1, 0.15) is 25.3 Å². The predicted molar refractivity (Wildman–Crippen MR) is 85.7 cm³/mol. The van der Waals surface area contributed by atoms with E-state index in [0.29, 0.717) is 37.2 Å². The summed E-state index contributed by atoms with van der Waals surface area (Å²) < 4.78 is 19.1. The summed E-state index contributed by atoms with van der Waals surface area (Å²) in [5, 5.41) is 10.7. The lowest BCUT2D eigenvalue weighted by Gasteiger charge is -2.40. The molecule has 1 aliphatic rings. The molecule has 1 fully saturated rings. The van der Waals surface area contributed by atoms with E-state index in [1.165, 1.54) is 18.1 Å². The van der Waals surface area contributed by atoms with Gasteiger partial charge in [-0.15, -0.1) is 0 Å². The van der Waals surface area contributed by atoms with Gasteiger partial charge in [0, 0.05) is 25.2 Å². The van der Waals surface area contributed by atoms with Crippen LogP contribution in [0, 0.1) is 5.82 Å². The Balaban J connectivity index is 2.15. The molecule has 1 aromatic rings. The zero-order valence-corrected chi connectivity index (χ0v) is 14.0. The number of amides is 1. The Morgan fingerprint density at radius 2 is 2.22 bits per heavy atom. The highest BCUT2D eigenvalue weighted by atomic mass is 19.1. The number of aliphatic hydroxyl groups is 1. The van der Waals surface area contributed by atoms with Crippen LogP contribution in [0.15, 0.2) is 18.2 Å². The number of carbonyl (C=O) groups is 1. The molecule has 1 heterocycles. The van der Waals surface area contributed by atoms with Crippen LogP contribution in [0.25, 0.3) is 0 Å². The van der Waals surface area contributed by atoms with Gasteiger partial charge in [0.2, 0.25) is 0 Å². The molecule has 1 aromatic carbocycles. The second-order valence-electron chi connectivity index (χ2n) is 6.15. The number of hydrogen-bond donors (Lipinski definition) is 1. The van der Waals surface area contributed by atoms with Gasteiger partial charge in [-0.2, -0.15) is 0 Å². The van der Waals surface area contributed by atoms with E-state index >= 15 is 0 Å². The zero-order chi connectivity index (χ0) is 17.0. The Labute approximate surface area is 136 Å². The number of ether oxygens (including phenoxy) is 1. The Hall–Kier alpha value is -1.66. The van der Waals surface area contributed by atoms with Crippen LogP contribution < -0.4 is 4.74 Å². The molecular weight excluding hydrogens is 299 g/mol. The van der Waals surface area contributed by atoms with Crippen molar-refractivity contribution in [1.29, 1.82) is 0 Å². The first-order chi connectivity index (χ1) is 10.9. The molecule has 0 unspecified atom stereocenters. The molecule has 0 aliphatic carbocycles. The molecule has 23 heavy (non-hydrogen) atoms. The van der Waals surface area contributed by atoms with Crippen LogP contribution in [0.4, 0.5) is 4.39 Å². The van der Waals surface area contributed by atoms with Crippen LogP contribution in [-0.2, 0) is 11.3 Å². The Morgan fingerprint density at radius 3 is 2.87 bits per heavy atom. The summed E-state index contributed by atoms with van der Waals surface area (Å²) in [5.74, 6) is -0.156. The number of piperidine rings is 1. The van der Waals surface area contributed by atoms with Crippen molar-refractivity contribution in [2.75, 3.05) is 33.8 Å². The van der Waals surface area contributed by atoms with Gasteiger partial charge in [-0.25, -0.2) is 4.39 Å². The number of rotatable bonds is 6. The van der Waals surface area contributed by atoms with E-state index in [1.54, 1.807) is 12.1 Å². The van der Waals surface area contributed by atoms with E-state index in [2.05, 4.69) is 0 Å². The molecule has 1 amide bonds. The summed E-state index contributed by atoms with van der Waals surface area (Å²) in [6.07, 6.45) is 1.14. The van der Waals surface area contributed by atoms with Crippen molar-refractivity contribution in [3.05, 3.63) is 29.6 Å². The summed E-state index contributed by atoms with van der Waals surface area (Å²) in [7, 11) is 3.38. The number of likely N-dealkylation sites (tertiary alicyclic amines) is 1. The predicted octanol–water partition coefficient (Wildman–Crippen LogP) is 1.64. The van der Waals surface area contributed by atoms with Crippen molar-refractivity contribution < 1.29 is 19.0 Å². The lowest BCUT2D eigenvalue weighted by molar-refractivity contribution is -0.159. The molecule has 0 spiro atoms. The van der Waals surface area contributed by atoms with Gasteiger partial charge in [-0.1, -0.05) is 6.92 Å². The molecule has 5 nitrogen and oxygen atoms in total. The Kier molecular flexibility index (Phi) is 5.59. The van der Waals surface area contributed by atoms with Gasteiger partial charge >= 0.3 is 0 Å². The van der Waals surface area contributed by atoms with Crippen molar-refractivity contribution in [1.82, 2.24) is 9.80 Å². The first-order valence-corrected chi connectivity index (χ1v) is 7.92. The molecule has 128 valence electrons.